The Labute approximate surface area is 117 Å². The zero-order valence-electron chi connectivity index (χ0n) is 11.2. The monoisotopic (exact) mass is 277 g/mol. The minimum Gasteiger partial charge on any atom is -0.370 e. The second kappa shape index (κ2) is 6.49. The van der Waals surface area contributed by atoms with Crippen LogP contribution in [0.1, 0.15) is 33.9 Å². The maximum absolute atomic E-state index is 11.9. The zero-order chi connectivity index (χ0) is 14.5. The number of hydrogen-bond acceptors (Lipinski definition) is 4. The van der Waals surface area contributed by atoms with Gasteiger partial charge in [-0.2, -0.15) is 0 Å². The number of rotatable bonds is 5. The van der Waals surface area contributed by atoms with Crippen LogP contribution in [0.25, 0.3) is 0 Å². The summed E-state index contributed by atoms with van der Waals surface area (Å²) in [4.78, 5) is 22.5. The SMILES string of the molecule is NC(=O)COCC(N)c1ccc2c(c1)C(=O)NCCC2. The summed E-state index contributed by atoms with van der Waals surface area (Å²) < 4.78 is 5.11. The summed E-state index contributed by atoms with van der Waals surface area (Å²) in [6.45, 7) is 0.721. The Balaban J connectivity index is 2.09. The lowest BCUT2D eigenvalue weighted by Crippen LogP contribution is -2.25. The summed E-state index contributed by atoms with van der Waals surface area (Å²) >= 11 is 0. The number of nitrogens with one attached hydrogen (secondary N) is 1. The first-order chi connectivity index (χ1) is 9.58. The molecule has 0 saturated carbocycles. The highest BCUT2D eigenvalue weighted by atomic mass is 16.5. The first kappa shape index (κ1) is 14.5. The first-order valence-corrected chi connectivity index (χ1v) is 6.60. The van der Waals surface area contributed by atoms with Gasteiger partial charge in [-0.05, 0) is 30.0 Å². The minimum absolute atomic E-state index is 0.0652. The molecule has 1 aromatic rings. The summed E-state index contributed by atoms with van der Waals surface area (Å²) in [6.07, 6.45) is 1.81. The number of carbonyl (C=O) groups excluding carboxylic acids is 2. The van der Waals surface area contributed by atoms with Crippen LogP contribution in [0.5, 0.6) is 0 Å². The molecule has 0 bridgehead atoms. The standard InChI is InChI=1S/C14H19N3O3/c15-12(7-20-8-13(16)18)10-4-3-9-2-1-5-17-14(19)11(9)6-10/h3-4,6,12H,1-2,5,7-8,15H2,(H2,16,18)(H,17,19). The van der Waals surface area contributed by atoms with Gasteiger partial charge >= 0.3 is 0 Å². The molecular weight excluding hydrogens is 258 g/mol. The van der Waals surface area contributed by atoms with Gasteiger partial charge in [-0.15, -0.1) is 0 Å². The van der Waals surface area contributed by atoms with Gasteiger partial charge in [0.05, 0.1) is 12.6 Å². The van der Waals surface area contributed by atoms with Gasteiger partial charge in [0, 0.05) is 12.1 Å². The van der Waals surface area contributed by atoms with E-state index in [4.69, 9.17) is 16.2 Å². The van der Waals surface area contributed by atoms with Crippen molar-refractivity contribution in [3.8, 4) is 0 Å². The van der Waals surface area contributed by atoms with Gasteiger partial charge in [0.2, 0.25) is 5.91 Å². The van der Waals surface area contributed by atoms with E-state index in [9.17, 15) is 9.59 Å². The molecule has 0 fully saturated rings. The molecule has 0 saturated heterocycles. The van der Waals surface area contributed by atoms with E-state index in [1.54, 1.807) is 6.07 Å². The Bertz CT molecular complexity index is 516. The number of primary amides is 1. The second-order valence-electron chi connectivity index (χ2n) is 4.86. The number of fused-ring (bicyclic) bond motifs is 1. The van der Waals surface area contributed by atoms with Crippen molar-refractivity contribution >= 4 is 11.8 Å². The Morgan fingerprint density at radius 1 is 1.45 bits per heavy atom. The molecule has 2 amide bonds. The van der Waals surface area contributed by atoms with E-state index >= 15 is 0 Å². The van der Waals surface area contributed by atoms with E-state index in [-0.39, 0.29) is 19.1 Å². The van der Waals surface area contributed by atoms with Crippen molar-refractivity contribution in [3.63, 3.8) is 0 Å². The maximum atomic E-state index is 11.9. The Kier molecular flexibility index (Phi) is 4.70. The van der Waals surface area contributed by atoms with Gasteiger partial charge in [-0.1, -0.05) is 12.1 Å². The van der Waals surface area contributed by atoms with E-state index in [2.05, 4.69) is 5.32 Å². The number of hydrogen-bond donors (Lipinski definition) is 3. The fourth-order valence-corrected chi connectivity index (χ4v) is 2.21. The van der Waals surface area contributed by atoms with Gasteiger partial charge < -0.3 is 21.5 Å². The fraction of sp³-hybridized carbons (Fsp3) is 0.429. The molecule has 1 aliphatic rings. The zero-order valence-corrected chi connectivity index (χ0v) is 11.2. The summed E-state index contributed by atoms with van der Waals surface area (Å²) in [5, 5.41) is 2.85. The van der Waals surface area contributed by atoms with Crippen molar-refractivity contribution in [2.75, 3.05) is 19.8 Å². The number of benzene rings is 1. The molecule has 0 aliphatic carbocycles. The molecule has 1 aliphatic heterocycles. The fourth-order valence-electron chi connectivity index (χ4n) is 2.21. The molecule has 6 nitrogen and oxygen atoms in total. The number of amides is 2. The number of nitrogens with two attached hydrogens (primary N) is 2. The molecule has 2 rings (SSSR count). The average Bonchev–Trinajstić information content (AvgIpc) is 2.60. The minimum atomic E-state index is -0.529. The third-order valence-corrected chi connectivity index (χ3v) is 3.26. The number of carbonyl (C=O) groups is 2. The van der Waals surface area contributed by atoms with Crippen LogP contribution in [0, 0.1) is 0 Å². The van der Waals surface area contributed by atoms with Crippen LogP contribution in [-0.2, 0) is 16.0 Å². The topological polar surface area (TPSA) is 107 Å². The molecular formula is C14H19N3O3. The normalized spacial score (nSPS) is 15.9. The first-order valence-electron chi connectivity index (χ1n) is 6.60. The highest BCUT2D eigenvalue weighted by Gasteiger charge is 2.17. The Hall–Kier alpha value is -1.92. The van der Waals surface area contributed by atoms with E-state index in [0.29, 0.717) is 12.1 Å². The number of aryl methyl sites for hydroxylation is 1. The van der Waals surface area contributed by atoms with Gasteiger partial charge in [0.15, 0.2) is 0 Å². The van der Waals surface area contributed by atoms with Crippen LogP contribution in [-0.4, -0.2) is 31.6 Å². The van der Waals surface area contributed by atoms with Crippen molar-refractivity contribution in [2.24, 2.45) is 11.5 Å². The summed E-state index contributed by atoms with van der Waals surface area (Å²) in [5.74, 6) is -0.594. The van der Waals surface area contributed by atoms with Crippen LogP contribution in [0.3, 0.4) is 0 Å². The Morgan fingerprint density at radius 2 is 2.25 bits per heavy atom. The smallest absolute Gasteiger partial charge is 0.251 e. The molecule has 20 heavy (non-hydrogen) atoms. The Morgan fingerprint density at radius 3 is 3.00 bits per heavy atom. The maximum Gasteiger partial charge on any atom is 0.251 e. The molecule has 0 aromatic heterocycles. The van der Waals surface area contributed by atoms with Gasteiger partial charge in [-0.3, -0.25) is 9.59 Å². The molecule has 1 aromatic carbocycles. The number of ether oxygens (including phenoxy) is 1. The summed E-state index contributed by atoms with van der Waals surface area (Å²) in [6, 6.07) is 5.24. The van der Waals surface area contributed by atoms with E-state index in [0.717, 1.165) is 24.0 Å². The van der Waals surface area contributed by atoms with Crippen LogP contribution < -0.4 is 16.8 Å². The van der Waals surface area contributed by atoms with Crippen molar-refractivity contribution in [2.45, 2.75) is 18.9 Å². The van der Waals surface area contributed by atoms with Crippen molar-refractivity contribution in [3.05, 3.63) is 34.9 Å². The van der Waals surface area contributed by atoms with Gasteiger partial charge in [0.25, 0.3) is 5.91 Å². The van der Waals surface area contributed by atoms with Crippen molar-refractivity contribution in [1.82, 2.24) is 5.32 Å². The van der Waals surface area contributed by atoms with Crippen molar-refractivity contribution < 1.29 is 14.3 Å². The predicted molar refractivity (Wildman–Crippen MR) is 74.0 cm³/mol. The van der Waals surface area contributed by atoms with Crippen LogP contribution >= 0.6 is 0 Å². The largest absolute Gasteiger partial charge is 0.370 e. The van der Waals surface area contributed by atoms with E-state index in [1.165, 1.54) is 0 Å². The molecule has 1 heterocycles. The summed E-state index contributed by atoms with van der Waals surface area (Å²) in [5.41, 5.74) is 13.5. The van der Waals surface area contributed by atoms with Crippen molar-refractivity contribution in [1.29, 1.82) is 0 Å². The van der Waals surface area contributed by atoms with Gasteiger partial charge in [-0.25, -0.2) is 0 Å². The van der Waals surface area contributed by atoms with Crippen LogP contribution in [0.2, 0.25) is 0 Å². The predicted octanol–water partition coefficient (Wildman–Crippen LogP) is -0.136. The molecule has 6 heteroatoms. The quantitative estimate of drug-likeness (QED) is 0.696. The third kappa shape index (κ3) is 3.55. The van der Waals surface area contributed by atoms with E-state index < -0.39 is 11.9 Å². The van der Waals surface area contributed by atoms with E-state index in [1.807, 2.05) is 12.1 Å². The molecule has 1 atom stereocenters. The lowest BCUT2D eigenvalue weighted by atomic mass is 9.98. The molecule has 0 spiro atoms. The van der Waals surface area contributed by atoms with Gasteiger partial charge in [0.1, 0.15) is 6.61 Å². The highest BCUT2D eigenvalue weighted by molar-refractivity contribution is 5.96. The molecule has 0 radical (unpaired) electrons. The van der Waals surface area contributed by atoms with Crippen LogP contribution in [0.15, 0.2) is 18.2 Å². The molecule has 1 unspecified atom stereocenters. The third-order valence-electron chi connectivity index (χ3n) is 3.26. The van der Waals surface area contributed by atoms with Crippen LogP contribution in [0.4, 0.5) is 0 Å². The summed E-state index contributed by atoms with van der Waals surface area (Å²) in [7, 11) is 0. The lowest BCUT2D eigenvalue weighted by Gasteiger charge is -2.14. The molecule has 108 valence electrons. The highest BCUT2D eigenvalue weighted by Crippen LogP contribution is 2.20. The lowest BCUT2D eigenvalue weighted by molar-refractivity contribution is -0.122. The average molecular weight is 277 g/mol. The second-order valence-corrected chi connectivity index (χ2v) is 4.86. The molecule has 5 N–H and O–H groups in total.